The van der Waals surface area contributed by atoms with E-state index in [1.54, 1.807) is 42.1 Å². The third-order valence-corrected chi connectivity index (χ3v) is 5.41. The van der Waals surface area contributed by atoms with Gasteiger partial charge in [-0.05, 0) is 31.5 Å². The Morgan fingerprint density at radius 2 is 2.15 bits per heavy atom. The SMILES string of the molecule is COC1=C(Nc2cc(C)[nH]n2)/N=C(/N(C)c2ccc(C#N)cc2F)CC/C=C\1c1cnn(C)c1. The summed E-state index contributed by atoms with van der Waals surface area (Å²) < 4.78 is 22.3. The summed E-state index contributed by atoms with van der Waals surface area (Å²) in [5, 5.41) is 23.7. The van der Waals surface area contributed by atoms with E-state index < -0.39 is 5.82 Å². The van der Waals surface area contributed by atoms with Gasteiger partial charge in [-0.3, -0.25) is 9.78 Å². The van der Waals surface area contributed by atoms with Crippen molar-refractivity contribution in [2.45, 2.75) is 19.8 Å². The number of benzene rings is 1. The molecule has 0 spiro atoms. The van der Waals surface area contributed by atoms with Gasteiger partial charge in [-0.15, -0.1) is 0 Å². The maximum Gasteiger partial charge on any atom is 0.176 e. The molecule has 0 atom stereocenters. The normalized spacial score (nSPS) is 19.2. The fourth-order valence-electron chi connectivity index (χ4n) is 3.74. The number of aromatic amines is 1. The van der Waals surface area contributed by atoms with Gasteiger partial charge in [0, 0.05) is 49.6 Å². The first-order valence-corrected chi connectivity index (χ1v) is 10.7. The van der Waals surface area contributed by atoms with Gasteiger partial charge in [-0.1, -0.05) is 6.08 Å². The van der Waals surface area contributed by atoms with E-state index in [0.29, 0.717) is 41.8 Å². The summed E-state index contributed by atoms with van der Waals surface area (Å²) in [5.41, 5.74) is 3.21. The zero-order chi connectivity index (χ0) is 24.2. The molecule has 10 heteroatoms. The molecule has 1 aliphatic rings. The number of methoxy groups -OCH3 is 1. The number of allylic oxidation sites excluding steroid dienone is 2. The quantitative estimate of drug-likeness (QED) is 0.594. The molecule has 0 saturated carbocycles. The van der Waals surface area contributed by atoms with E-state index in [4.69, 9.17) is 15.0 Å². The van der Waals surface area contributed by atoms with Crippen LogP contribution in [0.1, 0.15) is 29.7 Å². The molecular formula is C24H25FN8O. The molecule has 0 bridgehead atoms. The number of halogens is 1. The number of hydrogen-bond acceptors (Lipinski definition) is 7. The number of aliphatic imine (C=N–C) groups is 1. The zero-order valence-corrected chi connectivity index (χ0v) is 19.4. The minimum absolute atomic E-state index is 0.260. The van der Waals surface area contributed by atoms with Gasteiger partial charge in [-0.25, -0.2) is 9.38 Å². The lowest BCUT2D eigenvalue weighted by molar-refractivity contribution is 0.306. The average Bonchev–Trinajstić information content (AvgIpc) is 3.42. The molecule has 0 aliphatic carbocycles. The number of hydrogen-bond donors (Lipinski definition) is 2. The van der Waals surface area contributed by atoms with Gasteiger partial charge in [0.1, 0.15) is 11.7 Å². The van der Waals surface area contributed by atoms with Crippen LogP contribution in [0, 0.1) is 24.1 Å². The van der Waals surface area contributed by atoms with Crippen molar-refractivity contribution >= 4 is 22.9 Å². The van der Waals surface area contributed by atoms with Crippen molar-refractivity contribution in [3.8, 4) is 6.07 Å². The van der Waals surface area contributed by atoms with Crippen LogP contribution in [0.25, 0.3) is 5.57 Å². The molecule has 4 rings (SSSR count). The Bertz CT molecular complexity index is 1340. The van der Waals surface area contributed by atoms with Crippen LogP contribution in [-0.2, 0) is 11.8 Å². The largest absolute Gasteiger partial charge is 0.492 e. The van der Waals surface area contributed by atoms with E-state index >= 15 is 0 Å². The third-order valence-electron chi connectivity index (χ3n) is 5.41. The number of anilines is 2. The average molecular weight is 461 g/mol. The van der Waals surface area contributed by atoms with E-state index in [1.807, 2.05) is 32.3 Å². The number of amidine groups is 1. The lowest BCUT2D eigenvalue weighted by Crippen LogP contribution is -2.28. The van der Waals surface area contributed by atoms with E-state index in [2.05, 4.69) is 26.7 Å². The molecule has 0 saturated heterocycles. The molecule has 1 aromatic carbocycles. The molecule has 3 aromatic rings. The van der Waals surface area contributed by atoms with Crippen LogP contribution in [-0.4, -0.2) is 40.0 Å². The zero-order valence-electron chi connectivity index (χ0n) is 19.4. The van der Waals surface area contributed by atoms with Crippen LogP contribution in [0.3, 0.4) is 0 Å². The second-order valence-electron chi connectivity index (χ2n) is 7.87. The topological polar surface area (TPSA) is 107 Å². The number of ether oxygens (including phenoxy) is 1. The summed E-state index contributed by atoms with van der Waals surface area (Å²) in [4.78, 5) is 6.55. The van der Waals surface area contributed by atoms with Crippen molar-refractivity contribution in [3.63, 3.8) is 0 Å². The lowest BCUT2D eigenvalue weighted by Gasteiger charge is -2.25. The van der Waals surface area contributed by atoms with Crippen LogP contribution >= 0.6 is 0 Å². The molecule has 0 amide bonds. The van der Waals surface area contributed by atoms with Crippen LogP contribution in [0.4, 0.5) is 15.9 Å². The number of H-pyrrole nitrogens is 1. The minimum atomic E-state index is -0.494. The number of nitrogens with one attached hydrogen (secondary N) is 2. The highest BCUT2D eigenvalue weighted by molar-refractivity contribution is 5.99. The van der Waals surface area contributed by atoms with Crippen molar-refractivity contribution < 1.29 is 9.13 Å². The van der Waals surface area contributed by atoms with E-state index in [9.17, 15) is 4.39 Å². The Kier molecular flexibility index (Phi) is 6.45. The second kappa shape index (κ2) is 9.62. The highest BCUT2D eigenvalue weighted by Gasteiger charge is 2.22. The summed E-state index contributed by atoms with van der Waals surface area (Å²) >= 11 is 0. The number of nitriles is 1. The molecule has 2 N–H and O–H groups in total. The van der Waals surface area contributed by atoms with Gasteiger partial charge in [0.15, 0.2) is 17.4 Å². The molecule has 174 valence electrons. The Morgan fingerprint density at radius 1 is 1.32 bits per heavy atom. The second-order valence-corrected chi connectivity index (χ2v) is 7.87. The fourth-order valence-corrected chi connectivity index (χ4v) is 3.74. The Balaban J connectivity index is 1.81. The number of aromatic nitrogens is 4. The Morgan fingerprint density at radius 3 is 2.76 bits per heavy atom. The standard InChI is InChI=1S/C24H25FN8O/c1-15-10-21(31-30-15)28-24-23(34-4)18(17-13-27-32(2)14-17)6-5-7-22(29-24)33(3)20-9-8-16(12-26)11-19(20)25/h6,8-11,13-14H,5,7H2,1-4H3,(H2,28,30,31)/b18-6-,24-23+,29-22+. The van der Waals surface area contributed by atoms with Crippen LogP contribution in [0.2, 0.25) is 0 Å². The van der Waals surface area contributed by atoms with Gasteiger partial charge in [0.2, 0.25) is 0 Å². The molecule has 3 heterocycles. The number of aryl methyl sites for hydroxylation is 2. The molecular weight excluding hydrogens is 435 g/mol. The Hall–Kier alpha value is -4.39. The van der Waals surface area contributed by atoms with E-state index in [0.717, 1.165) is 16.8 Å². The van der Waals surface area contributed by atoms with E-state index in [1.165, 1.54) is 6.07 Å². The van der Waals surface area contributed by atoms with Gasteiger partial charge < -0.3 is 15.0 Å². The number of rotatable bonds is 5. The first-order valence-electron chi connectivity index (χ1n) is 10.7. The fraction of sp³-hybridized carbons (Fsp3) is 0.250. The van der Waals surface area contributed by atoms with Crippen molar-refractivity contribution in [2.24, 2.45) is 12.0 Å². The van der Waals surface area contributed by atoms with Crippen molar-refractivity contribution in [1.82, 2.24) is 20.0 Å². The molecule has 34 heavy (non-hydrogen) atoms. The molecule has 0 fully saturated rings. The van der Waals surface area contributed by atoms with Gasteiger partial charge in [-0.2, -0.15) is 15.5 Å². The summed E-state index contributed by atoms with van der Waals surface area (Å²) in [7, 11) is 5.18. The maximum absolute atomic E-state index is 14.8. The minimum Gasteiger partial charge on any atom is -0.492 e. The highest BCUT2D eigenvalue weighted by atomic mass is 19.1. The van der Waals surface area contributed by atoms with Gasteiger partial charge >= 0.3 is 0 Å². The molecule has 0 radical (unpaired) electrons. The van der Waals surface area contributed by atoms with E-state index in [-0.39, 0.29) is 5.56 Å². The van der Waals surface area contributed by atoms with Crippen LogP contribution in [0.5, 0.6) is 0 Å². The monoisotopic (exact) mass is 460 g/mol. The smallest absolute Gasteiger partial charge is 0.176 e. The first-order chi connectivity index (χ1) is 16.4. The number of nitrogens with zero attached hydrogens (tertiary/aromatic N) is 6. The molecule has 2 aromatic heterocycles. The molecule has 1 aliphatic heterocycles. The van der Waals surface area contributed by atoms with Crippen molar-refractivity contribution in [2.75, 3.05) is 24.4 Å². The van der Waals surface area contributed by atoms with Crippen molar-refractivity contribution in [3.05, 3.63) is 77.0 Å². The molecule has 0 unspecified atom stereocenters. The summed E-state index contributed by atoms with van der Waals surface area (Å²) in [6.45, 7) is 1.90. The Labute approximate surface area is 196 Å². The van der Waals surface area contributed by atoms with Gasteiger partial charge in [0.25, 0.3) is 0 Å². The summed E-state index contributed by atoms with van der Waals surface area (Å²) in [6, 6.07) is 8.19. The van der Waals surface area contributed by atoms with Gasteiger partial charge in [0.05, 0.1) is 30.6 Å². The maximum atomic E-state index is 14.8. The first kappa shape index (κ1) is 22.8. The van der Waals surface area contributed by atoms with Crippen molar-refractivity contribution in [1.29, 1.82) is 5.26 Å². The van der Waals surface area contributed by atoms with Crippen LogP contribution < -0.4 is 10.2 Å². The lowest BCUT2D eigenvalue weighted by atomic mass is 10.0. The summed E-state index contributed by atoms with van der Waals surface area (Å²) in [5.74, 6) is 1.64. The summed E-state index contributed by atoms with van der Waals surface area (Å²) in [6.07, 6.45) is 6.93. The molecule has 9 nitrogen and oxygen atoms in total. The third kappa shape index (κ3) is 4.68. The highest BCUT2D eigenvalue weighted by Crippen LogP contribution is 2.31. The predicted molar refractivity (Wildman–Crippen MR) is 128 cm³/mol. The van der Waals surface area contributed by atoms with Crippen LogP contribution in [0.15, 0.2) is 59.3 Å². The predicted octanol–water partition coefficient (Wildman–Crippen LogP) is 4.10.